The third-order valence-corrected chi connectivity index (χ3v) is 4.23. The van der Waals surface area contributed by atoms with E-state index in [1.165, 1.54) is 23.3 Å². The van der Waals surface area contributed by atoms with E-state index in [0.29, 0.717) is 10.8 Å². The Labute approximate surface area is 95.8 Å². The molecule has 1 aliphatic carbocycles. The van der Waals surface area contributed by atoms with Crippen LogP contribution in [0.15, 0.2) is 10.6 Å². The van der Waals surface area contributed by atoms with Crippen molar-refractivity contribution in [2.45, 2.75) is 19.3 Å². The van der Waals surface area contributed by atoms with E-state index in [0.717, 1.165) is 11.3 Å². The van der Waals surface area contributed by atoms with Gasteiger partial charge in [-0.1, -0.05) is 16.8 Å². The van der Waals surface area contributed by atoms with Gasteiger partial charge in [-0.05, 0) is 30.9 Å². The van der Waals surface area contributed by atoms with Crippen LogP contribution in [-0.4, -0.2) is 5.16 Å². The number of hydrogen-bond donors (Lipinski definition) is 1. The third kappa shape index (κ3) is 1.36. The molecule has 3 rings (SSSR count). The molecule has 3 nitrogen and oxygen atoms in total. The van der Waals surface area contributed by atoms with E-state index < -0.39 is 0 Å². The number of rotatable bonds is 1. The Morgan fingerprint density at radius 3 is 3.00 bits per heavy atom. The summed E-state index contributed by atoms with van der Waals surface area (Å²) in [6, 6.07) is 2.14. The fourth-order valence-corrected chi connectivity index (χ4v) is 3.35. The van der Waals surface area contributed by atoms with Gasteiger partial charge in [0.2, 0.25) is 0 Å². The molecule has 5 heteroatoms. The van der Waals surface area contributed by atoms with Crippen molar-refractivity contribution in [3.8, 4) is 10.6 Å². The first-order valence-corrected chi connectivity index (χ1v) is 5.98. The summed E-state index contributed by atoms with van der Waals surface area (Å²) in [7, 11) is 0. The first kappa shape index (κ1) is 9.24. The van der Waals surface area contributed by atoms with Crippen molar-refractivity contribution in [1.82, 2.24) is 5.16 Å². The number of anilines is 1. The van der Waals surface area contributed by atoms with Crippen LogP contribution >= 0.6 is 22.9 Å². The van der Waals surface area contributed by atoms with Crippen LogP contribution < -0.4 is 5.73 Å². The SMILES string of the molecule is Nc1noc(-c2cc3c(s2)CCC3)c1Cl. The minimum atomic E-state index is 0.264. The second-order valence-corrected chi connectivity index (χ2v) is 5.14. The van der Waals surface area contributed by atoms with E-state index in [4.69, 9.17) is 21.9 Å². The van der Waals surface area contributed by atoms with Crippen molar-refractivity contribution >= 4 is 28.8 Å². The molecular formula is C10H9ClN2OS. The van der Waals surface area contributed by atoms with Crippen LogP contribution in [-0.2, 0) is 12.8 Å². The summed E-state index contributed by atoms with van der Waals surface area (Å²) in [6.07, 6.45) is 3.59. The molecule has 1 aliphatic rings. The zero-order valence-corrected chi connectivity index (χ0v) is 9.49. The van der Waals surface area contributed by atoms with Crippen LogP contribution in [0.1, 0.15) is 16.9 Å². The Hall–Kier alpha value is -1.00. The van der Waals surface area contributed by atoms with Gasteiger partial charge in [-0.15, -0.1) is 11.3 Å². The molecule has 0 spiro atoms. The minimum Gasteiger partial charge on any atom is -0.380 e. The molecule has 15 heavy (non-hydrogen) atoms. The lowest BCUT2D eigenvalue weighted by atomic mass is 10.2. The molecule has 0 unspecified atom stereocenters. The number of halogens is 1. The molecule has 2 N–H and O–H groups in total. The summed E-state index contributed by atoms with van der Waals surface area (Å²) in [5.41, 5.74) is 6.95. The molecule has 0 saturated carbocycles. The second kappa shape index (κ2) is 3.25. The van der Waals surface area contributed by atoms with Gasteiger partial charge < -0.3 is 10.3 Å². The van der Waals surface area contributed by atoms with Crippen LogP contribution in [0.5, 0.6) is 0 Å². The standard InChI is InChI=1S/C10H9ClN2OS/c11-8-9(14-13-10(8)12)7-4-5-2-1-3-6(5)15-7/h4H,1-3H2,(H2,12,13). The van der Waals surface area contributed by atoms with Crippen molar-refractivity contribution < 1.29 is 4.52 Å². The summed E-state index contributed by atoms with van der Waals surface area (Å²) in [4.78, 5) is 2.48. The summed E-state index contributed by atoms with van der Waals surface area (Å²) in [6.45, 7) is 0. The summed E-state index contributed by atoms with van der Waals surface area (Å²) < 4.78 is 5.12. The van der Waals surface area contributed by atoms with E-state index in [1.807, 2.05) is 0 Å². The number of thiophene rings is 1. The maximum atomic E-state index is 5.99. The van der Waals surface area contributed by atoms with Gasteiger partial charge in [-0.2, -0.15) is 0 Å². The summed E-state index contributed by atoms with van der Waals surface area (Å²) >= 11 is 7.72. The maximum absolute atomic E-state index is 5.99. The molecule has 2 heterocycles. The number of hydrogen-bond acceptors (Lipinski definition) is 4. The smallest absolute Gasteiger partial charge is 0.197 e. The Bertz CT molecular complexity index is 496. The predicted octanol–water partition coefficient (Wildman–Crippen LogP) is 3.13. The van der Waals surface area contributed by atoms with Crippen LogP contribution in [0.4, 0.5) is 5.82 Å². The summed E-state index contributed by atoms with van der Waals surface area (Å²) in [5.74, 6) is 0.869. The zero-order chi connectivity index (χ0) is 10.4. The molecule has 2 aromatic rings. The van der Waals surface area contributed by atoms with Crippen LogP contribution in [0.2, 0.25) is 5.02 Å². The second-order valence-electron chi connectivity index (χ2n) is 3.62. The molecule has 0 bridgehead atoms. The van der Waals surface area contributed by atoms with E-state index in [1.54, 1.807) is 11.3 Å². The highest BCUT2D eigenvalue weighted by Crippen LogP contribution is 2.40. The van der Waals surface area contributed by atoms with Crippen molar-refractivity contribution in [1.29, 1.82) is 0 Å². The molecular weight excluding hydrogens is 232 g/mol. The largest absolute Gasteiger partial charge is 0.380 e. The normalized spacial score (nSPS) is 14.5. The molecule has 0 fully saturated rings. The molecule has 0 aliphatic heterocycles. The first-order chi connectivity index (χ1) is 7.25. The molecule has 2 aromatic heterocycles. The van der Waals surface area contributed by atoms with Gasteiger partial charge in [0.05, 0.1) is 4.88 Å². The number of aromatic nitrogens is 1. The molecule has 0 radical (unpaired) electrons. The van der Waals surface area contributed by atoms with Crippen LogP contribution in [0.25, 0.3) is 10.6 Å². The molecule has 78 valence electrons. The zero-order valence-electron chi connectivity index (χ0n) is 7.92. The summed E-state index contributed by atoms with van der Waals surface area (Å²) in [5, 5.41) is 4.08. The number of fused-ring (bicyclic) bond motifs is 1. The number of nitrogen functional groups attached to an aromatic ring is 1. The topological polar surface area (TPSA) is 52.0 Å². The van der Waals surface area contributed by atoms with Gasteiger partial charge in [0, 0.05) is 4.88 Å². The predicted molar refractivity (Wildman–Crippen MR) is 61.3 cm³/mol. The van der Waals surface area contributed by atoms with Crippen molar-refractivity contribution in [3.63, 3.8) is 0 Å². The van der Waals surface area contributed by atoms with Gasteiger partial charge in [0.25, 0.3) is 0 Å². The van der Waals surface area contributed by atoms with Crippen molar-refractivity contribution in [3.05, 3.63) is 21.5 Å². The van der Waals surface area contributed by atoms with E-state index in [2.05, 4.69) is 11.2 Å². The molecule has 0 saturated heterocycles. The minimum absolute atomic E-state index is 0.264. The van der Waals surface area contributed by atoms with Crippen LogP contribution in [0.3, 0.4) is 0 Å². The molecule has 0 aromatic carbocycles. The van der Waals surface area contributed by atoms with Gasteiger partial charge in [-0.25, -0.2) is 0 Å². The molecule has 0 atom stereocenters. The Morgan fingerprint density at radius 2 is 2.33 bits per heavy atom. The highest BCUT2D eigenvalue weighted by atomic mass is 35.5. The van der Waals surface area contributed by atoms with Crippen molar-refractivity contribution in [2.75, 3.05) is 5.73 Å². The highest BCUT2D eigenvalue weighted by molar-refractivity contribution is 7.15. The Balaban J connectivity index is 2.09. The lowest BCUT2D eigenvalue weighted by Crippen LogP contribution is -1.82. The maximum Gasteiger partial charge on any atom is 0.197 e. The third-order valence-electron chi connectivity index (χ3n) is 2.63. The van der Waals surface area contributed by atoms with E-state index >= 15 is 0 Å². The van der Waals surface area contributed by atoms with Crippen molar-refractivity contribution in [2.24, 2.45) is 0 Å². The first-order valence-electron chi connectivity index (χ1n) is 4.78. The fraction of sp³-hybridized carbons (Fsp3) is 0.300. The number of nitrogens with two attached hydrogens (primary N) is 1. The van der Waals surface area contributed by atoms with Crippen LogP contribution in [0, 0.1) is 0 Å². The van der Waals surface area contributed by atoms with Gasteiger partial charge in [0.1, 0.15) is 5.02 Å². The highest BCUT2D eigenvalue weighted by Gasteiger charge is 2.20. The lowest BCUT2D eigenvalue weighted by molar-refractivity contribution is 0.436. The quantitative estimate of drug-likeness (QED) is 0.833. The fourth-order valence-electron chi connectivity index (χ4n) is 1.89. The molecule has 0 amide bonds. The average molecular weight is 241 g/mol. The number of aryl methyl sites for hydroxylation is 2. The Kier molecular flexibility index (Phi) is 2.00. The Morgan fingerprint density at radius 1 is 1.47 bits per heavy atom. The van der Waals surface area contributed by atoms with Gasteiger partial charge in [-0.3, -0.25) is 0 Å². The van der Waals surface area contributed by atoms with Gasteiger partial charge >= 0.3 is 0 Å². The van der Waals surface area contributed by atoms with Gasteiger partial charge in [0.15, 0.2) is 11.6 Å². The number of nitrogens with zero attached hydrogens (tertiary/aromatic N) is 1. The average Bonchev–Trinajstić information content (AvgIpc) is 2.82. The monoisotopic (exact) mass is 240 g/mol. The lowest BCUT2D eigenvalue weighted by Gasteiger charge is -1.90. The van der Waals surface area contributed by atoms with E-state index in [-0.39, 0.29) is 5.82 Å². The van der Waals surface area contributed by atoms with E-state index in [9.17, 15) is 0 Å².